The highest BCUT2D eigenvalue weighted by atomic mass is 127. The molecule has 1 aliphatic rings. The zero-order valence-corrected chi connectivity index (χ0v) is 17.5. The van der Waals surface area contributed by atoms with Gasteiger partial charge in [0.05, 0.1) is 11.6 Å². The largest absolute Gasteiger partial charge is 0.385 e. The second kappa shape index (κ2) is 10.5. The maximum absolute atomic E-state index is 5.29. The van der Waals surface area contributed by atoms with Gasteiger partial charge >= 0.3 is 0 Å². The molecule has 1 saturated carbocycles. The lowest BCUT2D eigenvalue weighted by Crippen LogP contribution is -2.43. The minimum atomic E-state index is 0. The number of hydrogen-bond acceptors (Lipinski definition) is 4. The zero-order chi connectivity index (χ0) is 15.8. The first kappa shape index (κ1) is 20.6. The van der Waals surface area contributed by atoms with E-state index in [0.717, 1.165) is 37.1 Å². The number of hydrogen-bond donors (Lipinski definition) is 2. The number of guanidine groups is 1. The Balaban J connectivity index is 0.00000264. The number of nitrogens with one attached hydrogen (secondary N) is 2. The number of aliphatic imine (C=N–C) groups is 1. The molecular weight excluding hydrogens is 423 g/mol. The third kappa shape index (κ3) is 6.54. The highest BCUT2D eigenvalue weighted by Gasteiger charge is 2.33. The van der Waals surface area contributed by atoms with Crippen molar-refractivity contribution in [3.63, 3.8) is 0 Å². The number of methoxy groups -OCH3 is 1. The molecule has 132 valence electrons. The number of halogens is 1. The standard InChI is InChI=1S/C16H28N4OS.HI/c1-13-18-10-14(22-13)11-19-15(17-2)20-12-16(8-9-21-3)6-4-5-7-16;/h10H,4-9,11-12H2,1-3H3,(H2,17,19,20);1H. The second-order valence-corrected chi connectivity index (χ2v) is 7.39. The summed E-state index contributed by atoms with van der Waals surface area (Å²) in [5.74, 6) is 0.870. The molecule has 1 fully saturated rings. The lowest BCUT2D eigenvalue weighted by molar-refractivity contribution is 0.138. The average molecular weight is 452 g/mol. The quantitative estimate of drug-likeness (QED) is 0.379. The van der Waals surface area contributed by atoms with Gasteiger partial charge in [0.15, 0.2) is 5.96 Å². The van der Waals surface area contributed by atoms with Gasteiger partial charge in [-0.15, -0.1) is 35.3 Å². The lowest BCUT2D eigenvalue weighted by atomic mass is 9.83. The van der Waals surface area contributed by atoms with Crippen LogP contribution in [0.2, 0.25) is 0 Å². The molecule has 5 nitrogen and oxygen atoms in total. The molecule has 23 heavy (non-hydrogen) atoms. The Morgan fingerprint density at radius 1 is 1.39 bits per heavy atom. The number of aryl methyl sites for hydroxylation is 1. The van der Waals surface area contributed by atoms with E-state index in [0.29, 0.717) is 5.41 Å². The number of aromatic nitrogens is 1. The van der Waals surface area contributed by atoms with Crippen LogP contribution in [0.5, 0.6) is 0 Å². The van der Waals surface area contributed by atoms with Crippen LogP contribution in [0.1, 0.15) is 42.0 Å². The molecular formula is C16H29IN4OS. The molecule has 7 heteroatoms. The zero-order valence-electron chi connectivity index (χ0n) is 14.4. The second-order valence-electron chi connectivity index (χ2n) is 6.07. The number of thiazole rings is 1. The van der Waals surface area contributed by atoms with Crippen LogP contribution >= 0.6 is 35.3 Å². The fraction of sp³-hybridized carbons (Fsp3) is 0.750. The maximum Gasteiger partial charge on any atom is 0.191 e. The molecule has 0 atom stereocenters. The van der Waals surface area contributed by atoms with Crippen LogP contribution in [-0.4, -0.2) is 38.3 Å². The normalized spacial score (nSPS) is 16.9. The fourth-order valence-electron chi connectivity index (χ4n) is 3.11. The molecule has 0 aromatic carbocycles. The first-order valence-corrected chi connectivity index (χ1v) is 8.84. The summed E-state index contributed by atoms with van der Waals surface area (Å²) in [7, 11) is 3.61. The highest BCUT2D eigenvalue weighted by Crippen LogP contribution is 2.40. The van der Waals surface area contributed by atoms with E-state index in [1.54, 1.807) is 18.4 Å². The molecule has 0 saturated heterocycles. The Bertz CT molecular complexity index is 486. The van der Waals surface area contributed by atoms with Gasteiger partial charge in [0.1, 0.15) is 0 Å². The van der Waals surface area contributed by atoms with Crippen molar-refractivity contribution in [3.8, 4) is 0 Å². The van der Waals surface area contributed by atoms with Crippen LogP contribution in [0.3, 0.4) is 0 Å². The highest BCUT2D eigenvalue weighted by molar-refractivity contribution is 14.0. The third-order valence-electron chi connectivity index (χ3n) is 4.45. The molecule has 1 aromatic rings. The van der Waals surface area contributed by atoms with Gasteiger partial charge in [0, 0.05) is 38.4 Å². The molecule has 0 amide bonds. The van der Waals surface area contributed by atoms with Crippen LogP contribution in [0.4, 0.5) is 0 Å². The summed E-state index contributed by atoms with van der Waals surface area (Å²) in [4.78, 5) is 9.84. The van der Waals surface area contributed by atoms with Crippen LogP contribution in [0.15, 0.2) is 11.2 Å². The first-order valence-electron chi connectivity index (χ1n) is 8.02. The van der Waals surface area contributed by atoms with Crippen molar-refractivity contribution in [3.05, 3.63) is 16.1 Å². The van der Waals surface area contributed by atoms with Gasteiger partial charge in [-0.25, -0.2) is 4.98 Å². The van der Waals surface area contributed by atoms with Gasteiger partial charge < -0.3 is 15.4 Å². The van der Waals surface area contributed by atoms with Crippen molar-refractivity contribution >= 4 is 41.3 Å². The van der Waals surface area contributed by atoms with Gasteiger partial charge in [-0.05, 0) is 31.6 Å². The number of rotatable bonds is 7. The van der Waals surface area contributed by atoms with E-state index >= 15 is 0 Å². The first-order chi connectivity index (χ1) is 10.7. The predicted octanol–water partition coefficient (Wildman–Crippen LogP) is 3.33. The van der Waals surface area contributed by atoms with Crippen LogP contribution in [0.25, 0.3) is 0 Å². The monoisotopic (exact) mass is 452 g/mol. The van der Waals surface area contributed by atoms with E-state index in [4.69, 9.17) is 4.74 Å². The molecule has 1 aromatic heterocycles. The van der Waals surface area contributed by atoms with Gasteiger partial charge in [0.2, 0.25) is 0 Å². The lowest BCUT2D eigenvalue weighted by Gasteiger charge is -2.29. The minimum Gasteiger partial charge on any atom is -0.385 e. The fourth-order valence-corrected chi connectivity index (χ4v) is 3.84. The van der Waals surface area contributed by atoms with Crippen LogP contribution in [-0.2, 0) is 11.3 Å². The Hall–Kier alpha value is -0.410. The van der Waals surface area contributed by atoms with E-state index in [-0.39, 0.29) is 24.0 Å². The maximum atomic E-state index is 5.29. The Labute approximate surface area is 160 Å². The van der Waals surface area contributed by atoms with Crippen molar-refractivity contribution in [2.45, 2.75) is 45.6 Å². The topological polar surface area (TPSA) is 58.5 Å². The molecule has 0 bridgehead atoms. The van der Waals surface area contributed by atoms with E-state index in [1.165, 1.54) is 30.6 Å². The van der Waals surface area contributed by atoms with E-state index in [1.807, 2.05) is 20.2 Å². The Kier molecular flexibility index (Phi) is 9.38. The van der Waals surface area contributed by atoms with Gasteiger partial charge in [-0.2, -0.15) is 0 Å². The van der Waals surface area contributed by atoms with E-state index in [2.05, 4.69) is 20.6 Å². The molecule has 0 unspecified atom stereocenters. The summed E-state index contributed by atoms with van der Waals surface area (Å²) in [6.07, 6.45) is 8.29. The van der Waals surface area contributed by atoms with Crippen molar-refractivity contribution in [1.29, 1.82) is 0 Å². The molecule has 1 heterocycles. The summed E-state index contributed by atoms with van der Waals surface area (Å²) in [5, 5.41) is 7.98. The number of ether oxygens (including phenoxy) is 1. The van der Waals surface area contributed by atoms with Crippen molar-refractivity contribution < 1.29 is 4.74 Å². The van der Waals surface area contributed by atoms with E-state index in [9.17, 15) is 0 Å². The van der Waals surface area contributed by atoms with Crippen molar-refractivity contribution in [2.24, 2.45) is 10.4 Å². The molecule has 1 aliphatic carbocycles. The van der Waals surface area contributed by atoms with Gasteiger partial charge in [-0.1, -0.05) is 12.8 Å². The molecule has 0 aliphatic heterocycles. The Morgan fingerprint density at radius 2 is 2.13 bits per heavy atom. The average Bonchev–Trinajstić information content (AvgIpc) is 3.15. The Morgan fingerprint density at radius 3 is 2.70 bits per heavy atom. The summed E-state index contributed by atoms with van der Waals surface area (Å²) in [6, 6.07) is 0. The van der Waals surface area contributed by atoms with Crippen LogP contribution in [0, 0.1) is 12.3 Å². The molecule has 2 N–H and O–H groups in total. The predicted molar refractivity (Wildman–Crippen MR) is 108 cm³/mol. The van der Waals surface area contributed by atoms with Crippen molar-refractivity contribution in [2.75, 3.05) is 27.3 Å². The molecule has 2 rings (SSSR count). The van der Waals surface area contributed by atoms with Crippen molar-refractivity contribution in [1.82, 2.24) is 15.6 Å². The molecule has 0 spiro atoms. The van der Waals surface area contributed by atoms with Gasteiger partial charge in [0.25, 0.3) is 0 Å². The summed E-state index contributed by atoms with van der Waals surface area (Å²) in [5.41, 5.74) is 0.370. The minimum absolute atomic E-state index is 0. The van der Waals surface area contributed by atoms with Gasteiger partial charge in [-0.3, -0.25) is 4.99 Å². The summed E-state index contributed by atoms with van der Waals surface area (Å²) in [6.45, 7) is 4.61. The summed E-state index contributed by atoms with van der Waals surface area (Å²) < 4.78 is 5.29. The summed E-state index contributed by atoms with van der Waals surface area (Å²) >= 11 is 1.72. The molecule has 0 radical (unpaired) electrons. The number of nitrogens with zero attached hydrogens (tertiary/aromatic N) is 2. The third-order valence-corrected chi connectivity index (χ3v) is 5.37. The SMILES string of the molecule is CN=C(NCc1cnc(C)s1)NCC1(CCOC)CCCC1.I. The smallest absolute Gasteiger partial charge is 0.191 e. The van der Waals surface area contributed by atoms with E-state index < -0.39 is 0 Å². The van der Waals surface area contributed by atoms with Crippen LogP contribution < -0.4 is 10.6 Å².